The van der Waals surface area contributed by atoms with Crippen molar-refractivity contribution in [3.05, 3.63) is 59.7 Å². The summed E-state index contributed by atoms with van der Waals surface area (Å²) < 4.78 is 5.48. The molecule has 7 nitrogen and oxygen atoms in total. The minimum Gasteiger partial charge on any atom is -0.449 e. The molecule has 2 aromatic carbocycles. The number of piperidine rings is 1. The van der Waals surface area contributed by atoms with Crippen LogP contribution in [0.4, 0.5) is 4.79 Å². The summed E-state index contributed by atoms with van der Waals surface area (Å²) in [6, 6.07) is 15.2. The van der Waals surface area contributed by atoms with Gasteiger partial charge in [0, 0.05) is 18.4 Å². The molecule has 4 rings (SSSR count). The lowest BCUT2D eigenvalue weighted by Gasteiger charge is -2.25. The van der Waals surface area contributed by atoms with Gasteiger partial charge in [-0.05, 0) is 41.5 Å². The zero-order valence-corrected chi connectivity index (χ0v) is 16.6. The molecule has 1 aliphatic carbocycles. The van der Waals surface area contributed by atoms with Crippen LogP contribution in [0.5, 0.6) is 0 Å². The molecule has 2 aliphatic rings. The number of amides is 3. The molecule has 1 aliphatic heterocycles. The molecule has 2 aromatic rings. The van der Waals surface area contributed by atoms with Crippen molar-refractivity contribution >= 4 is 17.9 Å². The molecule has 7 heteroatoms. The maximum absolute atomic E-state index is 12.4. The Morgan fingerprint density at radius 2 is 1.73 bits per heavy atom. The van der Waals surface area contributed by atoms with Crippen molar-refractivity contribution in [2.24, 2.45) is 11.7 Å². The van der Waals surface area contributed by atoms with Crippen molar-refractivity contribution in [3.8, 4) is 11.1 Å². The van der Waals surface area contributed by atoms with Crippen molar-refractivity contribution in [2.75, 3.05) is 13.2 Å². The molecule has 0 spiro atoms. The lowest BCUT2D eigenvalue weighted by molar-refractivity contribution is -0.127. The molecule has 1 heterocycles. The summed E-state index contributed by atoms with van der Waals surface area (Å²) in [4.78, 5) is 36.2. The quantitative estimate of drug-likeness (QED) is 0.682. The number of carbonyl (C=O) groups is 3. The van der Waals surface area contributed by atoms with E-state index in [0.717, 1.165) is 28.7 Å². The summed E-state index contributed by atoms with van der Waals surface area (Å²) in [5.74, 6) is -1.20. The first kappa shape index (κ1) is 19.9. The topological polar surface area (TPSA) is 111 Å². The van der Waals surface area contributed by atoms with Crippen molar-refractivity contribution in [1.29, 1.82) is 0 Å². The molecular formula is C23H25N3O4. The molecule has 2 atom stereocenters. The van der Waals surface area contributed by atoms with Gasteiger partial charge in [0.25, 0.3) is 0 Å². The Morgan fingerprint density at radius 1 is 1.10 bits per heavy atom. The van der Waals surface area contributed by atoms with Gasteiger partial charge in [0.2, 0.25) is 11.8 Å². The van der Waals surface area contributed by atoms with E-state index in [0.29, 0.717) is 13.0 Å². The number of hydrogen-bond acceptors (Lipinski definition) is 4. The predicted molar refractivity (Wildman–Crippen MR) is 112 cm³/mol. The van der Waals surface area contributed by atoms with Crippen molar-refractivity contribution in [2.45, 2.75) is 31.2 Å². The Hall–Kier alpha value is -3.35. The number of primary amides is 1. The van der Waals surface area contributed by atoms with E-state index in [1.165, 1.54) is 0 Å². The number of alkyl carbamates (subject to hydrolysis) is 1. The first-order chi connectivity index (χ1) is 14.5. The Labute approximate surface area is 175 Å². The maximum atomic E-state index is 12.4. The van der Waals surface area contributed by atoms with Crippen LogP contribution in [-0.4, -0.2) is 37.1 Å². The molecule has 0 unspecified atom stereocenters. The lowest BCUT2D eigenvalue weighted by Crippen LogP contribution is -2.48. The summed E-state index contributed by atoms with van der Waals surface area (Å²) in [5.41, 5.74) is 9.95. The predicted octanol–water partition coefficient (Wildman–Crippen LogP) is 2.30. The fourth-order valence-electron chi connectivity index (χ4n) is 4.37. The van der Waals surface area contributed by atoms with Crippen LogP contribution < -0.4 is 16.4 Å². The molecule has 3 amide bonds. The van der Waals surface area contributed by atoms with Gasteiger partial charge in [0.05, 0.1) is 0 Å². The van der Waals surface area contributed by atoms with Gasteiger partial charge in [-0.15, -0.1) is 0 Å². The number of nitrogens with two attached hydrogens (primary N) is 1. The van der Waals surface area contributed by atoms with Crippen LogP contribution in [-0.2, 0) is 14.3 Å². The summed E-state index contributed by atoms with van der Waals surface area (Å²) in [5, 5.41) is 5.32. The number of benzene rings is 2. The number of nitrogens with one attached hydrogen (secondary N) is 2. The zero-order valence-electron chi connectivity index (χ0n) is 16.6. The van der Waals surface area contributed by atoms with E-state index < -0.39 is 18.0 Å². The van der Waals surface area contributed by atoms with Gasteiger partial charge in [-0.1, -0.05) is 48.5 Å². The minimum absolute atomic E-state index is 0.0701. The van der Waals surface area contributed by atoms with Crippen LogP contribution in [0.2, 0.25) is 0 Å². The SMILES string of the molecule is NC(=O)[C@H](C[C@@H]1CCCNC1=O)NC(=O)OCC1c2ccccc2-c2ccccc21. The summed E-state index contributed by atoms with van der Waals surface area (Å²) in [6.07, 6.45) is 0.970. The normalized spacial score (nSPS) is 18.7. The molecule has 0 saturated carbocycles. The lowest BCUT2D eigenvalue weighted by atomic mass is 9.91. The van der Waals surface area contributed by atoms with E-state index in [1.807, 2.05) is 36.4 Å². The third-order valence-electron chi connectivity index (χ3n) is 5.90. The van der Waals surface area contributed by atoms with Gasteiger partial charge in [0.1, 0.15) is 12.6 Å². The molecule has 0 bridgehead atoms. The number of fused-ring (bicyclic) bond motifs is 3. The Balaban J connectivity index is 1.40. The van der Waals surface area contributed by atoms with Gasteiger partial charge in [-0.25, -0.2) is 4.79 Å². The molecule has 1 fully saturated rings. The van der Waals surface area contributed by atoms with E-state index in [2.05, 4.69) is 22.8 Å². The van der Waals surface area contributed by atoms with E-state index in [9.17, 15) is 14.4 Å². The highest BCUT2D eigenvalue weighted by atomic mass is 16.5. The van der Waals surface area contributed by atoms with Crippen molar-refractivity contribution in [3.63, 3.8) is 0 Å². The van der Waals surface area contributed by atoms with Crippen LogP contribution in [0.15, 0.2) is 48.5 Å². The van der Waals surface area contributed by atoms with Gasteiger partial charge in [-0.3, -0.25) is 9.59 Å². The van der Waals surface area contributed by atoms with Crippen molar-refractivity contribution < 1.29 is 19.1 Å². The van der Waals surface area contributed by atoms with Gasteiger partial charge < -0.3 is 21.1 Å². The number of hydrogen-bond donors (Lipinski definition) is 3. The van der Waals surface area contributed by atoms with Crippen LogP contribution >= 0.6 is 0 Å². The summed E-state index contributed by atoms with van der Waals surface area (Å²) in [7, 11) is 0. The van der Waals surface area contributed by atoms with Gasteiger partial charge in [-0.2, -0.15) is 0 Å². The number of rotatable bonds is 6. The summed E-state index contributed by atoms with van der Waals surface area (Å²) >= 11 is 0. The highest BCUT2D eigenvalue weighted by Crippen LogP contribution is 2.44. The monoisotopic (exact) mass is 407 g/mol. The smallest absolute Gasteiger partial charge is 0.407 e. The second-order valence-electron chi connectivity index (χ2n) is 7.79. The average molecular weight is 407 g/mol. The van der Waals surface area contributed by atoms with Crippen molar-refractivity contribution in [1.82, 2.24) is 10.6 Å². The molecule has 0 aromatic heterocycles. The van der Waals surface area contributed by atoms with E-state index in [-0.39, 0.29) is 30.8 Å². The average Bonchev–Trinajstić information content (AvgIpc) is 3.07. The molecule has 156 valence electrons. The highest BCUT2D eigenvalue weighted by Gasteiger charge is 2.31. The number of ether oxygens (including phenoxy) is 1. The molecule has 0 radical (unpaired) electrons. The summed E-state index contributed by atoms with van der Waals surface area (Å²) in [6.45, 7) is 0.783. The van der Waals surface area contributed by atoms with E-state index in [4.69, 9.17) is 10.5 Å². The second-order valence-corrected chi connectivity index (χ2v) is 7.79. The van der Waals surface area contributed by atoms with Crippen LogP contribution in [0.3, 0.4) is 0 Å². The van der Waals surface area contributed by atoms with Crippen LogP contribution in [0.25, 0.3) is 11.1 Å². The van der Waals surface area contributed by atoms with Crippen LogP contribution in [0, 0.1) is 5.92 Å². The maximum Gasteiger partial charge on any atom is 0.407 e. The van der Waals surface area contributed by atoms with E-state index >= 15 is 0 Å². The molecule has 30 heavy (non-hydrogen) atoms. The fraction of sp³-hybridized carbons (Fsp3) is 0.348. The third kappa shape index (κ3) is 4.01. The molecule has 1 saturated heterocycles. The van der Waals surface area contributed by atoms with E-state index in [1.54, 1.807) is 0 Å². The molecule has 4 N–H and O–H groups in total. The number of carbonyl (C=O) groups excluding carboxylic acids is 3. The zero-order chi connectivity index (χ0) is 21.1. The molecular weight excluding hydrogens is 382 g/mol. The Kier molecular flexibility index (Phi) is 5.70. The first-order valence-corrected chi connectivity index (χ1v) is 10.2. The van der Waals surface area contributed by atoms with Crippen LogP contribution in [0.1, 0.15) is 36.3 Å². The van der Waals surface area contributed by atoms with Gasteiger partial charge in [0.15, 0.2) is 0 Å². The standard InChI is InChI=1S/C23H25N3O4/c24-21(27)20(12-14-6-5-11-25-22(14)28)26-23(29)30-13-19-17-9-3-1-7-15(17)16-8-2-4-10-18(16)19/h1-4,7-10,14,19-20H,5-6,11-13H2,(H2,24,27)(H,25,28)(H,26,29)/t14-,20-/m0/s1. The highest BCUT2D eigenvalue weighted by molar-refractivity contribution is 5.86. The Bertz CT molecular complexity index is 929. The largest absolute Gasteiger partial charge is 0.449 e. The van der Waals surface area contributed by atoms with Gasteiger partial charge >= 0.3 is 6.09 Å². The minimum atomic E-state index is -0.950. The first-order valence-electron chi connectivity index (χ1n) is 10.2. The fourth-order valence-corrected chi connectivity index (χ4v) is 4.37. The Morgan fingerprint density at radius 3 is 2.33 bits per heavy atom. The third-order valence-corrected chi connectivity index (χ3v) is 5.90. The second kappa shape index (κ2) is 8.57.